The summed E-state index contributed by atoms with van der Waals surface area (Å²) in [6, 6.07) is 22.5. The number of unbranched alkanes of at least 4 members (excludes halogenated alkanes) is 3. The monoisotopic (exact) mass is 596 g/mol. The number of aromatic nitrogens is 4. The molecule has 0 saturated carbocycles. The second-order valence-electron chi connectivity index (χ2n) is 12.0. The molecule has 226 valence electrons. The van der Waals surface area contributed by atoms with Gasteiger partial charge in [-0.25, -0.2) is 0 Å². The van der Waals surface area contributed by atoms with Crippen molar-refractivity contribution in [2.75, 3.05) is 13.1 Å². The van der Waals surface area contributed by atoms with Crippen molar-refractivity contribution in [3.63, 3.8) is 0 Å². The van der Waals surface area contributed by atoms with Gasteiger partial charge >= 0.3 is 0 Å². The number of hydrogen-bond donors (Lipinski definition) is 2. The molecule has 0 amide bonds. The Kier molecular flexibility index (Phi) is 10.0. The van der Waals surface area contributed by atoms with Gasteiger partial charge in [-0.3, -0.25) is 9.97 Å². The first-order valence-corrected chi connectivity index (χ1v) is 15.7. The Balaban J connectivity index is 0.00000368. The molecule has 0 fully saturated rings. The lowest BCUT2D eigenvalue weighted by atomic mass is 10.1. The van der Waals surface area contributed by atoms with Crippen molar-refractivity contribution in [3.05, 3.63) is 84.4 Å². The van der Waals surface area contributed by atoms with Gasteiger partial charge in [-0.05, 0) is 77.9 Å². The van der Waals surface area contributed by atoms with E-state index in [4.69, 9.17) is 9.97 Å². The molecule has 4 heterocycles. The standard InChI is InChI=1S/C36H44N6.ClH/c1-25(2)41-33-15-9-7-13-27(33)29-17-21-39-31(35(29)41)23-37-19-11-5-6-12-20-38-24-32-36-30(18-22-40-32)28-14-8-10-16-34(28)42(36)26(3)4;/h7-10,13-18,21-22,25-26,37-38H,5-6,11-12,19-20,23-24H2,1-4H3;1H. The number of fused-ring (bicyclic) bond motifs is 6. The molecule has 0 aliphatic heterocycles. The van der Waals surface area contributed by atoms with Gasteiger partial charge in [-0.1, -0.05) is 49.2 Å². The van der Waals surface area contributed by atoms with Gasteiger partial charge in [0.15, 0.2) is 0 Å². The van der Waals surface area contributed by atoms with E-state index in [-0.39, 0.29) is 12.4 Å². The van der Waals surface area contributed by atoms with E-state index < -0.39 is 0 Å². The van der Waals surface area contributed by atoms with Crippen molar-refractivity contribution < 1.29 is 0 Å². The van der Waals surface area contributed by atoms with Gasteiger partial charge in [-0.2, -0.15) is 0 Å². The topological polar surface area (TPSA) is 59.7 Å². The average molecular weight is 597 g/mol. The largest absolute Gasteiger partial charge is 0.336 e. The number of hydrogen-bond acceptors (Lipinski definition) is 4. The first-order valence-electron chi connectivity index (χ1n) is 15.7. The number of nitrogens with one attached hydrogen (secondary N) is 2. The van der Waals surface area contributed by atoms with Crippen LogP contribution >= 0.6 is 12.4 Å². The van der Waals surface area contributed by atoms with Crippen molar-refractivity contribution in [2.24, 2.45) is 0 Å². The van der Waals surface area contributed by atoms with Crippen molar-refractivity contribution in [3.8, 4) is 0 Å². The fraction of sp³-hybridized carbons (Fsp3) is 0.389. The first-order chi connectivity index (χ1) is 20.6. The molecular weight excluding hydrogens is 552 g/mol. The zero-order valence-corrected chi connectivity index (χ0v) is 26.8. The van der Waals surface area contributed by atoms with Crippen molar-refractivity contribution in [1.82, 2.24) is 29.7 Å². The van der Waals surface area contributed by atoms with E-state index in [2.05, 4.69) is 108 Å². The van der Waals surface area contributed by atoms with Gasteiger partial charge in [0, 0.05) is 70.1 Å². The van der Waals surface area contributed by atoms with Crippen molar-refractivity contribution >= 4 is 56.0 Å². The third kappa shape index (κ3) is 6.14. The molecule has 6 nitrogen and oxygen atoms in total. The fourth-order valence-electron chi connectivity index (χ4n) is 6.63. The third-order valence-electron chi connectivity index (χ3n) is 8.46. The maximum absolute atomic E-state index is 4.79. The molecule has 0 saturated heterocycles. The second-order valence-corrected chi connectivity index (χ2v) is 12.0. The number of pyridine rings is 2. The maximum Gasteiger partial charge on any atom is 0.0784 e. The number of nitrogens with zero attached hydrogens (tertiary/aromatic N) is 4. The summed E-state index contributed by atoms with van der Waals surface area (Å²) in [6.45, 7) is 12.7. The summed E-state index contributed by atoms with van der Waals surface area (Å²) in [5.41, 5.74) is 7.40. The van der Waals surface area contributed by atoms with Gasteiger partial charge in [0.25, 0.3) is 0 Å². The molecule has 7 heteroatoms. The van der Waals surface area contributed by atoms with E-state index >= 15 is 0 Å². The van der Waals surface area contributed by atoms with E-state index in [1.54, 1.807) is 0 Å². The van der Waals surface area contributed by atoms with Crippen LogP contribution in [0.1, 0.15) is 76.8 Å². The van der Waals surface area contributed by atoms with E-state index in [1.165, 1.54) is 69.3 Å². The van der Waals surface area contributed by atoms with Gasteiger partial charge in [-0.15, -0.1) is 12.4 Å². The lowest BCUT2D eigenvalue weighted by Gasteiger charge is -2.14. The lowest BCUT2D eigenvalue weighted by Crippen LogP contribution is -2.18. The summed E-state index contributed by atoms with van der Waals surface area (Å²) in [4.78, 5) is 9.57. The van der Waals surface area contributed by atoms with E-state index in [1.807, 2.05) is 12.4 Å². The zero-order valence-electron chi connectivity index (χ0n) is 25.9. The predicted molar refractivity (Wildman–Crippen MR) is 184 cm³/mol. The van der Waals surface area contributed by atoms with Gasteiger partial charge in [0.05, 0.1) is 22.4 Å². The minimum Gasteiger partial charge on any atom is -0.336 e. The molecule has 0 aliphatic rings. The first kappa shape index (κ1) is 31.0. The maximum atomic E-state index is 4.79. The summed E-state index contributed by atoms with van der Waals surface area (Å²) in [6.07, 6.45) is 8.74. The molecule has 0 spiro atoms. The molecule has 6 aromatic rings. The minimum atomic E-state index is 0. The highest BCUT2D eigenvalue weighted by atomic mass is 35.5. The Morgan fingerprint density at radius 1 is 0.558 bits per heavy atom. The van der Waals surface area contributed by atoms with Crippen LogP contribution in [0.15, 0.2) is 73.1 Å². The Morgan fingerprint density at radius 3 is 1.40 bits per heavy atom. The summed E-state index contributed by atoms with van der Waals surface area (Å²) in [5.74, 6) is 0. The summed E-state index contributed by atoms with van der Waals surface area (Å²) < 4.78 is 4.89. The van der Waals surface area contributed by atoms with Crippen LogP contribution in [0.2, 0.25) is 0 Å². The molecule has 6 rings (SSSR count). The zero-order chi connectivity index (χ0) is 29.1. The van der Waals surface area contributed by atoms with Crippen LogP contribution < -0.4 is 10.6 Å². The molecular formula is C36H45ClN6. The highest BCUT2D eigenvalue weighted by Crippen LogP contribution is 2.34. The van der Waals surface area contributed by atoms with Crippen LogP contribution in [0.4, 0.5) is 0 Å². The summed E-state index contributed by atoms with van der Waals surface area (Å²) in [7, 11) is 0. The molecule has 0 unspecified atom stereocenters. The van der Waals surface area contributed by atoms with E-state index in [0.717, 1.165) is 37.6 Å². The molecule has 2 N–H and O–H groups in total. The van der Waals surface area contributed by atoms with Crippen LogP contribution in [-0.2, 0) is 13.1 Å². The van der Waals surface area contributed by atoms with Crippen LogP contribution in [0.25, 0.3) is 43.6 Å². The normalized spacial score (nSPS) is 12.0. The minimum absolute atomic E-state index is 0. The quantitative estimate of drug-likeness (QED) is 0.131. The van der Waals surface area contributed by atoms with Crippen molar-refractivity contribution in [1.29, 1.82) is 0 Å². The number of benzene rings is 2. The highest BCUT2D eigenvalue weighted by molar-refractivity contribution is 6.09. The summed E-state index contributed by atoms with van der Waals surface area (Å²) in [5, 5.41) is 12.6. The average Bonchev–Trinajstić information content (AvgIpc) is 3.52. The Hall–Kier alpha value is -3.45. The number of halogens is 1. The van der Waals surface area contributed by atoms with Crippen molar-refractivity contribution in [2.45, 2.75) is 78.6 Å². The number of para-hydroxylation sites is 2. The number of rotatable bonds is 13. The van der Waals surface area contributed by atoms with Gasteiger partial charge in [0.1, 0.15) is 0 Å². The summed E-state index contributed by atoms with van der Waals surface area (Å²) >= 11 is 0. The molecule has 0 bridgehead atoms. The van der Waals surface area contributed by atoms with Crippen LogP contribution in [0.3, 0.4) is 0 Å². The van der Waals surface area contributed by atoms with E-state index in [0.29, 0.717) is 12.1 Å². The van der Waals surface area contributed by atoms with Crippen LogP contribution in [0, 0.1) is 0 Å². The molecule has 2 aromatic carbocycles. The van der Waals surface area contributed by atoms with E-state index in [9.17, 15) is 0 Å². The smallest absolute Gasteiger partial charge is 0.0784 e. The fourth-order valence-corrected chi connectivity index (χ4v) is 6.63. The molecule has 0 radical (unpaired) electrons. The second kappa shape index (κ2) is 13.9. The molecule has 4 aromatic heterocycles. The Morgan fingerprint density at radius 2 is 0.977 bits per heavy atom. The SMILES string of the molecule is CC(C)n1c2ccccc2c2ccnc(CNCCCCCCNCc3nccc4c5ccccc5n(C(C)C)c34)c21.Cl. The molecule has 0 atom stereocenters. The van der Waals surface area contributed by atoms with Crippen LogP contribution in [-0.4, -0.2) is 32.2 Å². The molecule has 0 aliphatic carbocycles. The predicted octanol–water partition coefficient (Wildman–Crippen LogP) is 8.72. The lowest BCUT2D eigenvalue weighted by molar-refractivity contribution is 0.558. The molecule has 43 heavy (non-hydrogen) atoms. The Bertz CT molecular complexity index is 1680. The highest BCUT2D eigenvalue weighted by Gasteiger charge is 2.17. The third-order valence-corrected chi connectivity index (χ3v) is 8.46. The van der Waals surface area contributed by atoms with Gasteiger partial charge in [0.2, 0.25) is 0 Å². The van der Waals surface area contributed by atoms with Crippen LogP contribution in [0.5, 0.6) is 0 Å². The van der Waals surface area contributed by atoms with Gasteiger partial charge < -0.3 is 19.8 Å². The Labute approximate surface area is 261 Å².